The zero-order valence-electron chi connectivity index (χ0n) is 16.1. The molecule has 2 unspecified atom stereocenters. The van der Waals surface area contributed by atoms with Gasteiger partial charge in [0.05, 0.1) is 0 Å². The Morgan fingerprint density at radius 1 is 1.07 bits per heavy atom. The van der Waals surface area contributed by atoms with Crippen LogP contribution in [0.15, 0.2) is 48.5 Å². The molecule has 0 aromatic heterocycles. The van der Waals surface area contributed by atoms with Crippen molar-refractivity contribution in [3.05, 3.63) is 54.1 Å². The van der Waals surface area contributed by atoms with Crippen molar-refractivity contribution >= 4 is 28.7 Å². The number of carbonyl (C=O) groups is 2. The molecule has 1 saturated carbocycles. The predicted molar refractivity (Wildman–Crippen MR) is 110 cm³/mol. The molecule has 0 radical (unpaired) electrons. The highest BCUT2D eigenvalue weighted by Crippen LogP contribution is 2.25. The van der Waals surface area contributed by atoms with Gasteiger partial charge in [-0.05, 0) is 55.5 Å². The van der Waals surface area contributed by atoms with E-state index in [1.165, 1.54) is 0 Å². The zero-order chi connectivity index (χ0) is 19.2. The van der Waals surface area contributed by atoms with E-state index in [0.29, 0.717) is 6.42 Å². The standard InChI is InChI=1S/C23H28N2O2/c1-16(2)24-23(27)19-10-6-11-20(15-19)25-22(26)14-13-18-9-5-8-17-7-3-4-12-21(17)18/h3-5,7-9,12-14,16,19-20H,6,10-11,15H2,1-2H3,(H,24,27)(H,25,26)/b14-13+. The van der Waals surface area contributed by atoms with Gasteiger partial charge in [-0.1, -0.05) is 48.9 Å². The van der Waals surface area contributed by atoms with Crippen molar-refractivity contribution in [1.29, 1.82) is 0 Å². The first-order valence-corrected chi connectivity index (χ1v) is 9.79. The third kappa shape index (κ3) is 5.19. The van der Waals surface area contributed by atoms with E-state index < -0.39 is 0 Å². The van der Waals surface area contributed by atoms with Gasteiger partial charge in [-0.25, -0.2) is 0 Å². The molecule has 0 saturated heterocycles. The molecule has 4 nitrogen and oxygen atoms in total. The Morgan fingerprint density at radius 2 is 1.85 bits per heavy atom. The van der Waals surface area contributed by atoms with E-state index >= 15 is 0 Å². The Kier molecular flexibility index (Phi) is 6.28. The number of nitrogens with one attached hydrogen (secondary N) is 2. The SMILES string of the molecule is CC(C)NC(=O)C1CCCC(NC(=O)/C=C/c2cccc3ccccc23)C1. The molecule has 0 bridgehead atoms. The molecule has 1 aliphatic rings. The summed E-state index contributed by atoms with van der Waals surface area (Å²) in [5, 5.41) is 8.34. The highest BCUT2D eigenvalue weighted by Gasteiger charge is 2.27. The lowest BCUT2D eigenvalue weighted by Gasteiger charge is -2.29. The molecule has 27 heavy (non-hydrogen) atoms. The van der Waals surface area contributed by atoms with E-state index in [2.05, 4.69) is 28.8 Å². The molecule has 1 aliphatic carbocycles. The zero-order valence-corrected chi connectivity index (χ0v) is 16.1. The lowest BCUT2D eigenvalue weighted by molar-refractivity contribution is -0.127. The number of carbonyl (C=O) groups excluding carboxylic acids is 2. The number of hydrogen-bond donors (Lipinski definition) is 2. The van der Waals surface area contributed by atoms with E-state index in [1.54, 1.807) is 6.08 Å². The summed E-state index contributed by atoms with van der Waals surface area (Å²) in [6.07, 6.45) is 6.97. The monoisotopic (exact) mass is 364 g/mol. The summed E-state index contributed by atoms with van der Waals surface area (Å²) in [5.41, 5.74) is 1.03. The molecule has 4 heteroatoms. The second-order valence-corrected chi connectivity index (χ2v) is 7.63. The third-order valence-corrected chi connectivity index (χ3v) is 5.06. The third-order valence-electron chi connectivity index (χ3n) is 5.06. The lowest BCUT2D eigenvalue weighted by Crippen LogP contribution is -2.43. The van der Waals surface area contributed by atoms with Crippen LogP contribution in [-0.4, -0.2) is 23.9 Å². The summed E-state index contributed by atoms with van der Waals surface area (Å²) in [6.45, 7) is 3.94. The smallest absolute Gasteiger partial charge is 0.244 e. The van der Waals surface area contributed by atoms with Gasteiger partial charge in [0, 0.05) is 24.1 Å². The minimum Gasteiger partial charge on any atom is -0.354 e. The van der Waals surface area contributed by atoms with Crippen LogP contribution in [0.5, 0.6) is 0 Å². The molecular formula is C23H28N2O2. The first-order valence-electron chi connectivity index (χ1n) is 9.79. The first kappa shape index (κ1) is 19.2. The van der Waals surface area contributed by atoms with E-state index in [-0.39, 0.29) is 29.8 Å². The predicted octanol–water partition coefficient (Wildman–Crippen LogP) is 4.05. The molecular weight excluding hydrogens is 336 g/mol. The molecule has 1 fully saturated rings. The van der Waals surface area contributed by atoms with Gasteiger partial charge in [0.25, 0.3) is 0 Å². The van der Waals surface area contributed by atoms with Crippen molar-refractivity contribution in [1.82, 2.24) is 10.6 Å². The summed E-state index contributed by atoms with van der Waals surface area (Å²) in [6, 6.07) is 14.4. The van der Waals surface area contributed by atoms with Crippen molar-refractivity contribution < 1.29 is 9.59 Å². The van der Waals surface area contributed by atoms with Gasteiger partial charge in [0.2, 0.25) is 11.8 Å². The topological polar surface area (TPSA) is 58.2 Å². The fourth-order valence-electron chi connectivity index (χ4n) is 3.77. The average Bonchev–Trinajstić information content (AvgIpc) is 2.66. The summed E-state index contributed by atoms with van der Waals surface area (Å²) in [7, 11) is 0. The van der Waals surface area contributed by atoms with E-state index in [0.717, 1.165) is 35.6 Å². The van der Waals surface area contributed by atoms with Crippen molar-refractivity contribution in [2.45, 2.75) is 51.6 Å². The van der Waals surface area contributed by atoms with Gasteiger partial charge in [0.15, 0.2) is 0 Å². The Morgan fingerprint density at radius 3 is 2.67 bits per heavy atom. The van der Waals surface area contributed by atoms with Gasteiger partial charge in [-0.15, -0.1) is 0 Å². The molecule has 0 aliphatic heterocycles. The fraction of sp³-hybridized carbons (Fsp3) is 0.391. The minimum absolute atomic E-state index is 0.00602. The molecule has 0 spiro atoms. The Balaban J connectivity index is 1.60. The number of benzene rings is 2. The van der Waals surface area contributed by atoms with Crippen LogP contribution in [0.2, 0.25) is 0 Å². The van der Waals surface area contributed by atoms with Crippen LogP contribution in [0.1, 0.15) is 45.1 Å². The number of hydrogen-bond acceptors (Lipinski definition) is 2. The molecule has 2 amide bonds. The van der Waals surface area contributed by atoms with Crippen LogP contribution in [0.25, 0.3) is 16.8 Å². The van der Waals surface area contributed by atoms with Crippen LogP contribution < -0.4 is 10.6 Å². The number of amides is 2. The second kappa shape index (κ2) is 8.85. The van der Waals surface area contributed by atoms with Crippen LogP contribution in [0.4, 0.5) is 0 Å². The summed E-state index contributed by atoms with van der Waals surface area (Å²) >= 11 is 0. The molecule has 0 heterocycles. The summed E-state index contributed by atoms with van der Waals surface area (Å²) < 4.78 is 0. The van der Waals surface area contributed by atoms with E-state index in [4.69, 9.17) is 0 Å². The van der Waals surface area contributed by atoms with Crippen LogP contribution in [0, 0.1) is 5.92 Å². The molecule has 142 valence electrons. The maximum absolute atomic E-state index is 12.4. The average molecular weight is 364 g/mol. The van der Waals surface area contributed by atoms with Crippen molar-refractivity contribution in [2.75, 3.05) is 0 Å². The molecule has 2 atom stereocenters. The van der Waals surface area contributed by atoms with Crippen molar-refractivity contribution in [3.63, 3.8) is 0 Å². The van der Waals surface area contributed by atoms with Gasteiger partial charge in [-0.3, -0.25) is 9.59 Å². The second-order valence-electron chi connectivity index (χ2n) is 7.63. The quantitative estimate of drug-likeness (QED) is 0.786. The Labute approximate surface area is 161 Å². The summed E-state index contributed by atoms with van der Waals surface area (Å²) in [5.74, 6) is 0.00148. The number of fused-ring (bicyclic) bond motifs is 1. The van der Waals surface area contributed by atoms with Crippen LogP contribution in [-0.2, 0) is 9.59 Å². The molecule has 3 rings (SSSR count). The van der Waals surface area contributed by atoms with E-state index in [1.807, 2.05) is 44.2 Å². The molecule has 2 N–H and O–H groups in total. The highest BCUT2D eigenvalue weighted by molar-refractivity contribution is 5.96. The minimum atomic E-state index is -0.0992. The summed E-state index contributed by atoms with van der Waals surface area (Å²) in [4.78, 5) is 24.6. The van der Waals surface area contributed by atoms with Crippen LogP contribution >= 0.6 is 0 Å². The Bertz CT molecular complexity index is 836. The fourth-order valence-corrected chi connectivity index (χ4v) is 3.77. The largest absolute Gasteiger partial charge is 0.354 e. The maximum atomic E-state index is 12.4. The lowest BCUT2D eigenvalue weighted by atomic mass is 9.85. The van der Waals surface area contributed by atoms with Crippen molar-refractivity contribution in [2.24, 2.45) is 5.92 Å². The van der Waals surface area contributed by atoms with Crippen molar-refractivity contribution in [3.8, 4) is 0 Å². The first-order chi connectivity index (χ1) is 13.0. The molecule has 2 aromatic carbocycles. The van der Waals surface area contributed by atoms with Gasteiger partial charge in [0.1, 0.15) is 0 Å². The van der Waals surface area contributed by atoms with Gasteiger partial charge >= 0.3 is 0 Å². The number of rotatable bonds is 5. The molecule has 2 aromatic rings. The van der Waals surface area contributed by atoms with Gasteiger partial charge < -0.3 is 10.6 Å². The maximum Gasteiger partial charge on any atom is 0.244 e. The van der Waals surface area contributed by atoms with E-state index in [9.17, 15) is 9.59 Å². The van der Waals surface area contributed by atoms with Crippen LogP contribution in [0.3, 0.4) is 0 Å². The normalized spacial score (nSPS) is 20.1. The van der Waals surface area contributed by atoms with Gasteiger partial charge in [-0.2, -0.15) is 0 Å². The highest BCUT2D eigenvalue weighted by atomic mass is 16.2. The Hall–Kier alpha value is -2.62.